The molecule has 5 heteroatoms. The molecule has 1 heterocycles. The van der Waals surface area contributed by atoms with Crippen molar-refractivity contribution in [3.05, 3.63) is 34.9 Å². The molecule has 1 fully saturated rings. The number of benzene rings is 1. The zero-order chi connectivity index (χ0) is 15.2. The smallest absolute Gasteiger partial charge is 0.224 e. The molecule has 1 aromatic rings. The minimum absolute atomic E-state index is 0.0336. The van der Waals surface area contributed by atoms with Crippen LogP contribution in [0.25, 0.3) is 0 Å². The van der Waals surface area contributed by atoms with Crippen molar-refractivity contribution in [2.75, 3.05) is 19.6 Å². The summed E-state index contributed by atoms with van der Waals surface area (Å²) in [6.45, 7) is 3.90. The van der Waals surface area contributed by atoms with Gasteiger partial charge in [0.1, 0.15) is 0 Å². The van der Waals surface area contributed by atoms with Gasteiger partial charge in [0.2, 0.25) is 11.8 Å². The van der Waals surface area contributed by atoms with Gasteiger partial charge >= 0.3 is 0 Å². The molecule has 0 bridgehead atoms. The Morgan fingerprint density at radius 2 is 1.86 bits per heavy atom. The Balaban J connectivity index is 1.70. The number of carbonyl (C=O) groups excluding carboxylic acids is 2. The van der Waals surface area contributed by atoms with Crippen LogP contribution in [0.15, 0.2) is 24.3 Å². The number of rotatable bonds is 4. The quantitative estimate of drug-likeness (QED) is 0.927. The molecule has 2 amide bonds. The summed E-state index contributed by atoms with van der Waals surface area (Å²) in [5.41, 5.74) is 0.961. The molecule has 0 aromatic heterocycles. The van der Waals surface area contributed by atoms with Crippen LogP contribution < -0.4 is 5.32 Å². The van der Waals surface area contributed by atoms with Crippen LogP contribution in [-0.2, 0) is 16.0 Å². The molecule has 2 rings (SSSR count). The lowest BCUT2D eigenvalue weighted by molar-refractivity contribution is -0.130. The summed E-state index contributed by atoms with van der Waals surface area (Å²) < 4.78 is 0. The Hall–Kier alpha value is -1.55. The molecular weight excluding hydrogens is 288 g/mol. The van der Waals surface area contributed by atoms with Crippen molar-refractivity contribution in [1.29, 1.82) is 0 Å². The zero-order valence-corrected chi connectivity index (χ0v) is 13.0. The summed E-state index contributed by atoms with van der Waals surface area (Å²) >= 11 is 5.82. The number of likely N-dealkylation sites (tertiary alicyclic amines) is 1. The molecule has 0 spiro atoms. The standard InChI is InChI=1S/C16H21ClN2O2/c1-12(20)19-8-6-14(7-9-19)11-18-16(21)10-13-2-4-15(17)5-3-13/h2-5,14H,6-11H2,1H3,(H,18,21). The zero-order valence-electron chi connectivity index (χ0n) is 12.3. The second-order valence-corrected chi connectivity index (χ2v) is 5.99. The van der Waals surface area contributed by atoms with Gasteiger partial charge in [0.15, 0.2) is 0 Å². The van der Waals surface area contributed by atoms with E-state index >= 15 is 0 Å². The van der Waals surface area contributed by atoms with Crippen LogP contribution in [0.4, 0.5) is 0 Å². The molecule has 1 aliphatic heterocycles. The summed E-state index contributed by atoms with van der Waals surface area (Å²) in [6, 6.07) is 7.32. The SMILES string of the molecule is CC(=O)N1CCC(CNC(=O)Cc2ccc(Cl)cc2)CC1. The highest BCUT2D eigenvalue weighted by Gasteiger charge is 2.20. The van der Waals surface area contributed by atoms with Crippen molar-refractivity contribution < 1.29 is 9.59 Å². The molecule has 1 aliphatic rings. The van der Waals surface area contributed by atoms with Crippen molar-refractivity contribution in [2.24, 2.45) is 5.92 Å². The fourth-order valence-corrected chi connectivity index (χ4v) is 2.69. The first kappa shape index (κ1) is 15.8. The molecule has 1 aromatic carbocycles. The third-order valence-electron chi connectivity index (χ3n) is 3.93. The van der Waals surface area contributed by atoms with E-state index in [0.29, 0.717) is 23.9 Å². The highest BCUT2D eigenvalue weighted by molar-refractivity contribution is 6.30. The minimum atomic E-state index is 0.0336. The average Bonchev–Trinajstić information content (AvgIpc) is 2.48. The van der Waals surface area contributed by atoms with Crippen molar-refractivity contribution in [3.63, 3.8) is 0 Å². The number of amides is 2. The van der Waals surface area contributed by atoms with Crippen LogP contribution in [0.1, 0.15) is 25.3 Å². The lowest BCUT2D eigenvalue weighted by atomic mass is 9.96. The maximum Gasteiger partial charge on any atom is 0.224 e. The fraction of sp³-hybridized carbons (Fsp3) is 0.500. The Morgan fingerprint density at radius 3 is 2.43 bits per heavy atom. The van der Waals surface area contributed by atoms with E-state index in [1.54, 1.807) is 19.1 Å². The first-order valence-electron chi connectivity index (χ1n) is 7.31. The lowest BCUT2D eigenvalue weighted by Crippen LogP contribution is -2.40. The first-order valence-corrected chi connectivity index (χ1v) is 7.69. The molecule has 1 N–H and O–H groups in total. The molecule has 0 aliphatic carbocycles. The van der Waals surface area contributed by atoms with E-state index in [4.69, 9.17) is 11.6 Å². The van der Waals surface area contributed by atoms with Gasteiger partial charge in [-0.2, -0.15) is 0 Å². The van der Waals surface area contributed by atoms with Gasteiger partial charge in [0.25, 0.3) is 0 Å². The second-order valence-electron chi connectivity index (χ2n) is 5.56. The summed E-state index contributed by atoms with van der Waals surface area (Å²) in [4.78, 5) is 25.0. The lowest BCUT2D eigenvalue weighted by Gasteiger charge is -2.31. The van der Waals surface area contributed by atoms with Gasteiger partial charge in [-0.05, 0) is 36.5 Å². The Morgan fingerprint density at radius 1 is 1.24 bits per heavy atom. The number of piperidine rings is 1. The predicted octanol–water partition coefficient (Wildman–Crippen LogP) is 2.26. The van der Waals surface area contributed by atoms with E-state index in [1.165, 1.54) is 0 Å². The maximum atomic E-state index is 11.9. The summed E-state index contributed by atoms with van der Waals surface area (Å²) in [5, 5.41) is 3.66. The van der Waals surface area contributed by atoms with Gasteiger partial charge in [0.05, 0.1) is 6.42 Å². The Bertz CT molecular complexity index is 494. The van der Waals surface area contributed by atoms with Crippen molar-refractivity contribution in [3.8, 4) is 0 Å². The van der Waals surface area contributed by atoms with E-state index in [0.717, 1.165) is 31.5 Å². The van der Waals surface area contributed by atoms with Gasteiger partial charge in [-0.25, -0.2) is 0 Å². The number of halogens is 1. The van der Waals surface area contributed by atoms with E-state index in [-0.39, 0.29) is 11.8 Å². The molecular formula is C16H21ClN2O2. The third-order valence-corrected chi connectivity index (χ3v) is 4.18. The van der Waals surface area contributed by atoms with Crippen LogP contribution in [0, 0.1) is 5.92 Å². The number of hydrogen-bond acceptors (Lipinski definition) is 2. The molecule has 21 heavy (non-hydrogen) atoms. The van der Waals surface area contributed by atoms with Gasteiger partial charge < -0.3 is 10.2 Å². The molecule has 114 valence electrons. The highest BCUT2D eigenvalue weighted by atomic mass is 35.5. The largest absolute Gasteiger partial charge is 0.356 e. The minimum Gasteiger partial charge on any atom is -0.356 e. The average molecular weight is 309 g/mol. The fourth-order valence-electron chi connectivity index (χ4n) is 2.56. The predicted molar refractivity (Wildman–Crippen MR) is 83.1 cm³/mol. The Kier molecular flexibility index (Phi) is 5.62. The highest BCUT2D eigenvalue weighted by Crippen LogP contribution is 2.16. The van der Waals surface area contributed by atoms with Crippen molar-refractivity contribution >= 4 is 23.4 Å². The van der Waals surface area contributed by atoms with Crippen LogP contribution in [0.3, 0.4) is 0 Å². The van der Waals surface area contributed by atoms with E-state index < -0.39 is 0 Å². The van der Waals surface area contributed by atoms with Gasteiger partial charge in [-0.3, -0.25) is 9.59 Å². The number of hydrogen-bond donors (Lipinski definition) is 1. The molecule has 0 radical (unpaired) electrons. The van der Waals surface area contributed by atoms with Gasteiger partial charge in [-0.15, -0.1) is 0 Å². The number of nitrogens with one attached hydrogen (secondary N) is 1. The monoisotopic (exact) mass is 308 g/mol. The van der Waals surface area contributed by atoms with Crippen LogP contribution >= 0.6 is 11.6 Å². The number of carbonyl (C=O) groups is 2. The third kappa shape index (κ3) is 5.05. The summed E-state index contributed by atoms with van der Waals surface area (Å²) in [6.07, 6.45) is 2.30. The van der Waals surface area contributed by atoms with Gasteiger partial charge in [0, 0.05) is 31.6 Å². The number of nitrogens with zero attached hydrogens (tertiary/aromatic N) is 1. The van der Waals surface area contributed by atoms with Crippen LogP contribution in [0.2, 0.25) is 5.02 Å². The van der Waals surface area contributed by atoms with Crippen LogP contribution in [0.5, 0.6) is 0 Å². The molecule has 4 nitrogen and oxygen atoms in total. The molecule has 0 unspecified atom stereocenters. The van der Waals surface area contributed by atoms with Crippen molar-refractivity contribution in [2.45, 2.75) is 26.2 Å². The van der Waals surface area contributed by atoms with Crippen LogP contribution in [-0.4, -0.2) is 36.3 Å². The topological polar surface area (TPSA) is 49.4 Å². The van der Waals surface area contributed by atoms with E-state index in [1.807, 2.05) is 17.0 Å². The molecule has 0 atom stereocenters. The summed E-state index contributed by atoms with van der Waals surface area (Å²) in [7, 11) is 0. The normalized spacial score (nSPS) is 15.8. The maximum absolute atomic E-state index is 11.9. The van der Waals surface area contributed by atoms with Crippen molar-refractivity contribution in [1.82, 2.24) is 10.2 Å². The second kappa shape index (κ2) is 7.46. The van der Waals surface area contributed by atoms with E-state index in [9.17, 15) is 9.59 Å². The summed E-state index contributed by atoms with van der Waals surface area (Å²) in [5.74, 6) is 0.640. The molecule has 1 saturated heterocycles. The Labute approximate surface area is 130 Å². The van der Waals surface area contributed by atoms with Gasteiger partial charge in [-0.1, -0.05) is 23.7 Å². The molecule has 0 saturated carbocycles. The first-order chi connectivity index (χ1) is 10.0. The van der Waals surface area contributed by atoms with E-state index in [2.05, 4.69) is 5.32 Å².